The van der Waals surface area contributed by atoms with Gasteiger partial charge in [0, 0.05) is 0 Å². The second kappa shape index (κ2) is 3.81. The molecule has 0 aliphatic rings. The smallest absolute Gasteiger partial charge is 0.150 e. The Morgan fingerprint density at radius 1 is 1.31 bits per heavy atom. The maximum absolute atomic E-state index is 5.67. The first-order valence-electron chi connectivity index (χ1n) is 3.98. The summed E-state index contributed by atoms with van der Waals surface area (Å²) in [5.41, 5.74) is 7.07. The number of anilines is 1. The molecule has 0 aliphatic carbocycles. The van der Waals surface area contributed by atoms with Crippen molar-refractivity contribution >= 4 is 5.69 Å². The van der Waals surface area contributed by atoms with Crippen molar-refractivity contribution in [3.05, 3.63) is 48.8 Å². The second-order valence-corrected chi connectivity index (χ2v) is 2.84. The highest BCUT2D eigenvalue weighted by Crippen LogP contribution is 2.23. The van der Waals surface area contributed by atoms with Gasteiger partial charge in [-0.2, -0.15) is 0 Å². The van der Waals surface area contributed by atoms with Gasteiger partial charge in [-0.3, -0.25) is 0 Å². The van der Waals surface area contributed by atoms with Gasteiger partial charge in [0.15, 0.2) is 0 Å². The average molecular weight is 175 g/mol. The average Bonchev–Trinajstić information content (AvgIpc) is 2.08. The lowest BCUT2D eigenvalue weighted by Gasteiger charge is -2.09. The Labute approximate surface area is 78.3 Å². The Morgan fingerprint density at radius 2 is 1.92 bits per heavy atom. The third-order valence-electron chi connectivity index (χ3n) is 1.63. The molecule has 2 heteroatoms. The Kier molecular flexibility index (Phi) is 2.75. The van der Waals surface area contributed by atoms with Gasteiger partial charge in [0.2, 0.25) is 0 Å². The van der Waals surface area contributed by atoms with Crippen molar-refractivity contribution in [1.29, 1.82) is 0 Å². The second-order valence-electron chi connectivity index (χ2n) is 2.84. The molecule has 2 nitrogen and oxygen atoms in total. The fourth-order valence-corrected chi connectivity index (χ4v) is 0.793. The highest BCUT2D eigenvalue weighted by atomic mass is 16.5. The minimum absolute atomic E-state index is 0.540. The third-order valence-corrected chi connectivity index (χ3v) is 1.63. The molecule has 0 saturated heterocycles. The van der Waals surface area contributed by atoms with Gasteiger partial charge in [-0.25, -0.2) is 0 Å². The van der Waals surface area contributed by atoms with Gasteiger partial charge in [0.25, 0.3) is 0 Å². The van der Waals surface area contributed by atoms with Crippen molar-refractivity contribution in [2.75, 3.05) is 5.73 Å². The van der Waals surface area contributed by atoms with E-state index in [4.69, 9.17) is 10.5 Å². The summed E-state index contributed by atoms with van der Waals surface area (Å²) in [6.07, 6.45) is 0. The van der Waals surface area contributed by atoms with E-state index in [-0.39, 0.29) is 0 Å². The highest BCUT2D eigenvalue weighted by molar-refractivity contribution is 5.52. The Hall–Kier alpha value is -1.70. The topological polar surface area (TPSA) is 35.2 Å². The number of benzene rings is 1. The molecular weight excluding hydrogens is 162 g/mol. The number of hydrogen-bond acceptors (Lipinski definition) is 2. The van der Waals surface area contributed by atoms with Crippen LogP contribution in [0.3, 0.4) is 0 Å². The molecule has 0 spiro atoms. The van der Waals surface area contributed by atoms with Gasteiger partial charge in [0.1, 0.15) is 11.5 Å². The van der Waals surface area contributed by atoms with Gasteiger partial charge in [-0.05, 0) is 24.6 Å². The monoisotopic (exact) mass is 175 g/mol. The predicted molar refractivity (Wildman–Crippen MR) is 55.4 cm³/mol. The van der Waals surface area contributed by atoms with Crippen LogP contribution in [0, 0.1) is 0 Å². The molecule has 0 aliphatic heterocycles. The van der Waals surface area contributed by atoms with Crippen molar-refractivity contribution in [2.45, 2.75) is 6.92 Å². The molecule has 0 atom stereocenters. The van der Waals surface area contributed by atoms with Crippen molar-refractivity contribution < 1.29 is 4.74 Å². The molecule has 68 valence electrons. The summed E-state index contributed by atoms with van der Waals surface area (Å²) in [7, 11) is 0. The van der Waals surface area contributed by atoms with Gasteiger partial charge in [-0.1, -0.05) is 25.3 Å². The largest absolute Gasteiger partial charge is 0.456 e. The molecule has 0 heterocycles. The van der Waals surface area contributed by atoms with E-state index in [1.807, 2.05) is 19.1 Å². The molecule has 0 unspecified atom stereocenters. The minimum atomic E-state index is 0.540. The molecule has 1 aromatic carbocycles. The number of hydrogen-bond donors (Lipinski definition) is 1. The van der Waals surface area contributed by atoms with E-state index in [0.29, 0.717) is 17.2 Å². The zero-order chi connectivity index (χ0) is 9.84. The van der Waals surface area contributed by atoms with E-state index in [9.17, 15) is 0 Å². The van der Waals surface area contributed by atoms with Crippen LogP contribution in [0.15, 0.2) is 48.8 Å². The van der Waals surface area contributed by atoms with Crippen molar-refractivity contribution in [1.82, 2.24) is 0 Å². The Bertz CT molecular complexity index is 342. The summed E-state index contributed by atoms with van der Waals surface area (Å²) < 4.78 is 5.39. The molecule has 0 aromatic heterocycles. The van der Waals surface area contributed by atoms with Crippen molar-refractivity contribution in [2.24, 2.45) is 0 Å². The molecule has 13 heavy (non-hydrogen) atoms. The lowest BCUT2D eigenvalue weighted by Crippen LogP contribution is -1.97. The molecule has 1 aromatic rings. The molecular formula is C11H13NO. The van der Waals surface area contributed by atoms with Crippen LogP contribution < -0.4 is 10.5 Å². The number of rotatable bonds is 3. The lowest BCUT2D eigenvalue weighted by atomic mass is 10.3. The van der Waals surface area contributed by atoms with Crippen LogP contribution >= 0.6 is 0 Å². The fourth-order valence-electron chi connectivity index (χ4n) is 0.793. The zero-order valence-electron chi connectivity index (χ0n) is 7.71. The molecule has 0 amide bonds. The first-order valence-corrected chi connectivity index (χ1v) is 3.98. The molecule has 0 radical (unpaired) electrons. The van der Waals surface area contributed by atoms with Crippen LogP contribution in [0.25, 0.3) is 0 Å². The summed E-state index contributed by atoms with van der Waals surface area (Å²) in [6, 6.07) is 7.29. The van der Waals surface area contributed by atoms with Crippen LogP contribution in [-0.4, -0.2) is 0 Å². The number of nitrogens with two attached hydrogens (primary N) is 1. The molecule has 0 bridgehead atoms. The van der Waals surface area contributed by atoms with Crippen LogP contribution in [0.5, 0.6) is 5.75 Å². The summed E-state index contributed by atoms with van der Waals surface area (Å²) in [6.45, 7) is 9.26. The first kappa shape index (κ1) is 9.39. The lowest BCUT2D eigenvalue weighted by molar-refractivity contribution is 0.441. The van der Waals surface area contributed by atoms with Gasteiger partial charge >= 0.3 is 0 Å². The normalized spacial score (nSPS) is 9.31. The van der Waals surface area contributed by atoms with Gasteiger partial charge < -0.3 is 10.5 Å². The van der Waals surface area contributed by atoms with E-state index in [2.05, 4.69) is 13.2 Å². The van der Waals surface area contributed by atoms with E-state index >= 15 is 0 Å². The number of para-hydroxylation sites is 2. The summed E-state index contributed by atoms with van der Waals surface area (Å²) >= 11 is 0. The van der Waals surface area contributed by atoms with Gasteiger partial charge in [-0.15, -0.1) is 0 Å². The van der Waals surface area contributed by atoms with Crippen molar-refractivity contribution in [3.63, 3.8) is 0 Å². The molecule has 0 fully saturated rings. The van der Waals surface area contributed by atoms with Gasteiger partial charge in [0.05, 0.1) is 5.69 Å². The summed E-state index contributed by atoms with van der Waals surface area (Å²) in [5.74, 6) is 1.16. The van der Waals surface area contributed by atoms with Crippen LogP contribution in [-0.2, 0) is 0 Å². The highest BCUT2D eigenvalue weighted by Gasteiger charge is 2.01. The van der Waals surface area contributed by atoms with Crippen molar-refractivity contribution in [3.8, 4) is 5.75 Å². The Morgan fingerprint density at radius 3 is 2.46 bits per heavy atom. The number of ether oxygens (including phenoxy) is 1. The standard InChI is InChI=1S/C11H13NO/c1-8(2)9(3)13-11-7-5-4-6-10(11)12/h4-7H,1,3,12H2,2H3. The molecule has 0 saturated carbocycles. The SMILES string of the molecule is C=C(C)C(=C)Oc1ccccc1N. The summed E-state index contributed by atoms with van der Waals surface area (Å²) in [4.78, 5) is 0. The van der Waals surface area contributed by atoms with E-state index in [1.165, 1.54) is 0 Å². The fraction of sp³-hybridized carbons (Fsp3) is 0.0909. The molecule has 1 rings (SSSR count). The number of allylic oxidation sites excluding steroid dienone is 1. The quantitative estimate of drug-likeness (QED) is 0.435. The third kappa shape index (κ3) is 2.37. The first-order chi connectivity index (χ1) is 6.11. The maximum atomic E-state index is 5.67. The van der Waals surface area contributed by atoms with Crippen LogP contribution in [0.4, 0.5) is 5.69 Å². The van der Waals surface area contributed by atoms with Crippen LogP contribution in [0.2, 0.25) is 0 Å². The van der Waals surface area contributed by atoms with E-state index in [0.717, 1.165) is 5.57 Å². The minimum Gasteiger partial charge on any atom is -0.456 e. The predicted octanol–water partition coefficient (Wildman–Crippen LogP) is 2.74. The number of nitrogen functional groups attached to an aromatic ring is 1. The maximum Gasteiger partial charge on any atom is 0.150 e. The Balaban J connectivity index is 2.81. The molecule has 2 N–H and O–H groups in total. The zero-order valence-corrected chi connectivity index (χ0v) is 7.71. The van der Waals surface area contributed by atoms with Crippen LogP contribution in [0.1, 0.15) is 6.92 Å². The van der Waals surface area contributed by atoms with E-state index in [1.54, 1.807) is 12.1 Å². The summed E-state index contributed by atoms with van der Waals surface area (Å²) in [5, 5.41) is 0. The van der Waals surface area contributed by atoms with E-state index < -0.39 is 0 Å².